The van der Waals surface area contributed by atoms with Crippen LogP contribution in [0.15, 0.2) is 12.4 Å². The minimum absolute atomic E-state index is 0.000281. The molecule has 86 valence electrons. The molecule has 1 aliphatic carbocycles. The molecule has 5 heteroatoms. The summed E-state index contributed by atoms with van der Waals surface area (Å²) in [7, 11) is 0. The third-order valence-corrected chi connectivity index (χ3v) is 3.09. The molecule has 1 aromatic heterocycles. The van der Waals surface area contributed by atoms with E-state index in [2.05, 4.69) is 5.10 Å². The molecule has 16 heavy (non-hydrogen) atoms. The molecule has 0 aliphatic heterocycles. The van der Waals surface area contributed by atoms with Crippen molar-refractivity contribution in [3.8, 4) is 0 Å². The Morgan fingerprint density at radius 3 is 2.56 bits per heavy atom. The second-order valence-electron chi connectivity index (χ2n) is 4.58. The number of hydrogen-bond donors (Lipinski definition) is 1. The number of carbonyl (C=O) groups excluding carboxylic acids is 1. The highest BCUT2D eigenvalue weighted by atomic mass is 16.4. The molecule has 0 aromatic carbocycles. The van der Waals surface area contributed by atoms with Gasteiger partial charge >= 0.3 is 5.97 Å². The number of nitrogens with zero attached hydrogens (tertiary/aromatic N) is 2. The Morgan fingerprint density at radius 2 is 2.19 bits per heavy atom. The molecule has 0 bridgehead atoms. The number of carboxylic acid groups (broad SMARTS) is 1. The lowest BCUT2D eigenvalue weighted by Gasteiger charge is -2.35. The van der Waals surface area contributed by atoms with E-state index in [0.717, 1.165) is 0 Å². The van der Waals surface area contributed by atoms with Crippen LogP contribution in [0.2, 0.25) is 0 Å². The van der Waals surface area contributed by atoms with Crippen LogP contribution in [0.25, 0.3) is 0 Å². The monoisotopic (exact) mass is 222 g/mol. The second kappa shape index (κ2) is 3.43. The van der Waals surface area contributed by atoms with E-state index in [9.17, 15) is 14.7 Å². The molecule has 0 unspecified atom stereocenters. The molecule has 0 spiro atoms. The molecule has 0 radical (unpaired) electrons. The van der Waals surface area contributed by atoms with E-state index in [1.807, 2.05) is 13.8 Å². The van der Waals surface area contributed by atoms with E-state index in [1.165, 1.54) is 0 Å². The molecule has 1 aliphatic rings. The number of aromatic nitrogens is 2. The first-order chi connectivity index (χ1) is 7.45. The van der Waals surface area contributed by atoms with Gasteiger partial charge in [-0.2, -0.15) is 5.10 Å². The van der Waals surface area contributed by atoms with E-state index in [0.29, 0.717) is 5.56 Å². The molecule has 2 rings (SSSR count). The molecular weight excluding hydrogens is 208 g/mol. The van der Waals surface area contributed by atoms with Gasteiger partial charge in [0, 0.05) is 30.6 Å². The number of carbonyl (C=O) groups is 2. The molecule has 1 fully saturated rings. The smallest absolute Gasteiger partial charge is 0.315 e. The predicted octanol–water partition coefficient (Wildman–Crippen LogP) is 1.15. The maximum absolute atomic E-state index is 11.2. The fraction of sp³-hybridized carbons (Fsp3) is 0.545. The van der Waals surface area contributed by atoms with Gasteiger partial charge in [-0.1, -0.05) is 0 Å². The number of aliphatic carboxylic acids is 1. The van der Waals surface area contributed by atoms with Gasteiger partial charge in [0.25, 0.3) is 0 Å². The highest BCUT2D eigenvalue weighted by molar-refractivity contribution is 6.01. The van der Waals surface area contributed by atoms with Gasteiger partial charge in [-0.3, -0.25) is 14.3 Å². The van der Waals surface area contributed by atoms with E-state index < -0.39 is 11.4 Å². The van der Waals surface area contributed by atoms with Crippen molar-refractivity contribution in [1.82, 2.24) is 9.78 Å². The molecule has 0 atom stereocenters. The van der Waals surface area contributed by atoms with Gasteiger partial charge in [-0.05, 0) is 13.8 Å². The zero-order valence-corrected chi connectivity index (χ0v) is 9.30. The fourth-order valence-electron chi connectivity index (χ4n) is 1.97. The van der Waals surface area contributed by atoms with Gasteiger partial charge in [-0.25, -0.2) is 0 Å². The fourth-order valence-corrected chi connectivity index (χ4v) is 1.97. The number of ketones is 1. The summed E-state index contributed by atoms with van der Waals surface area (Å²) in [5, 5.41) is 13.3. The van der Waals surface area contributed by atoms with Crippen molar-refractivity contribution in [2.45, 2.75) is 38.1 Å². The molecule has 1 heterocycles. The van der Waals surface area contributed by atoms with Gasteiger partial charge in [0.2, 0.25) is 0 Å². The van der Waals surface area contributed by atoms with Crippen LogP contribution in [0.3, 0.4) is 0 Å². The first kappa shape index (κ1) is 10.9. The molecule has 1 saturated carbocycles. The summed E-state index contributed by atoms with van der Waals surface area (Å²) in [6.45, 7) is 3.94. The first-order valence-corrected chi connectivity index (χ1v) is 5.25. The highest BCUT2D eigenvalue weighted by Gasteiger charge is 2.52. The van der Waals surface area contributed by atoms with Crippen molar-refractivity contribution in [3.05, 3.63) is 18.0 Å². The van der Waals surface area contributed by atoms with Gasteiger partial charge in [0.05, 0.1) is 6.20 Å². The molecule has 5 nitrogen and oxygen atoms in total. The Morgan fingerprint density at radius 1 is 1.56 bits per heavy atom. The van der Waals surface area contributed by atoms with Crippen LogP contribution in [0.4, 0.5) is 0 Å². The van der Waals surface area contributed by atoms with Gasteiger partial charge in [0.15, 0.2) is 0 Å². The maximum Gasteiger partial charge on any atom is 0.315 e. The van der Waals surface area contributed by atoms with Crippen LogP contribution < -0.4 is 0 Å². The molecular formula is C11H14N2O3. The third-order valence-electron chi connectivity index (χ3n) is 3.09. The van der Waals surface area contributed by atoms with Gasteiger partial charge < -0.3 is 5.11 Å². The lowest BCUT2D eigenvalue weighted by atomic mass is 9.64. The summed E-state index contributed by atoms with van der Waals surface area (Å²) in [6, 6.07) is 0.190. The Bertz CT molecular complexity index is 440. The van der Waals surface area contributed by atoms with Crippen LogP contribution in [0.5, 0.6) is 0 Å². The number of hydrogen-bond acceptors (Lipinski definition) is 3. The Kier molecular flexibility index (Phi) is 2.33. The maximum atomic E-state index is 11.2. The SMILES string of the molecule is CC(C)n1cc(C2(C(=O)O)CC(=O)C2)cn1. The van der Waals surface area contributed by atoms with Crippen molar-refractivity contribution in [3.63, 3.8) is 0 Å². The van der Waals surface area contributed by atoms with Crippen molar-refractivity contribution in [1.29, 1.82) is 0 Å². The van der Waals surface area contributed by atoms with Gasteiger partial charge in [0.1, 0.15) is 11.2 Å². The lowest BCUT2D eigenvalue weighted by molar-refractivity contribution is -0.153. The molecule has 1 N–H and O–H groups in total. The van der Waals surface area contributed by atoms with Crippen LogP contribution in [-0.2, 0) is 15.0 Å². The summed E-state index contributed by atoms with van der Waals surface area (Å²) in [6.07, 6.45) is 3.46. The van der Waals surface area contributed by atoms with E-state index in [1.54, 1.807) is 17.1 Å². The van der Waals surface area contributed by atoms with Crippen molar-refractivity contribution >= 4 is 11.8 Å². The summed E-state index contributed by atoms with van der Waals surface area (Å²) in [5.41, 5.74) is -0.391. The minimum atomic E-state index is -1.02. The summed E-state index contributed by atoms with van der Waals surface area (Å²) < 4.78 is 1.71. The zero-order valence-electron chi connectivity index (χ0n) is 9.30. The summed E-state index contributed by atoms with van der Waals surface area (Å²) in [5.74, 6) is -0.935. The minimum Gasteiger partial charge on any atom is -0.481 e. The van der Waals surface area contributed by atoms with E-state index in [-0.39, 0.29) is 24.7 Å². The quantitative estimate of drug-likeness (QED) is 0.832. The summed E-state index contributed by atoms with van der Waals surface area (Å²) in [4.78, 5) is 22.3. The molecule has 0 amide bonds. The number of Topliss-reactive ketones (excluding diaryl/α,β-unsaturated/α-hetero) is 1. The van der Waals surface area contributed by atoms with Crippen LogP contribution >= 0.6 is 0 Å². The summed E-state index contributed by atoms with van der Waals surface area (Å²) >= 11 is 0. The third kappa shape index (κ3) is 1.43. The standard InChI is InChI=1S/C11H14N2O3/c1-7(2)13-6-8(5-12-13)11(10(15)16)3-9(14)4-11/h5-7H,3-4H2,1-2H3,(H,15,16). The normalized spacial score (nSPS) is 18.6. The van der Waals surface area contributed by atoms with Crippen LogP contribution in [0.1, 0.15) is 38.3 Å². The zero-order chi connectivity index (χ0) is 11.9. The first-order valence-electron chi connectivity index (χ1n) is 5.25. The lowest BCUT2D eigenvalue weighted by Crippen LogP contribution is -2.48. The Balaban J connectivity index is 2.34. The van der Waals surface area contributed by atoms with E-state index in [4.69, 9.17) is 0 Å². The number of carboxylic acids is 1. The number of rotatable bonds is 3. The van der Waals surface area contributed by atoms with Crippen molar-refractivity contribution in [2.75, 3.05) is 0 Å². The van der Waals surface area contributed by atoms with E-state index >= 15 is 0 Å². The van der Waals surface area contributed by atoms with Crippen LogP contribution in [-0.4, -0.2) is 26.6 Å². The Hall–Kier alpha value is -1.65. The second-order valence-corrected chi connectivity index (χ2v) is 4.58. The largest absolute Gasteiger partial charge is 0.481 e. The van der Waals surface area contributed by atoms with Gasteiger partial charge in [-0.15, -0.1) is 0 Å². The topological polar surface area (TPSA) is 72.2 Å². The van der Waals surface area contributed by atoms with Crippen LogP contribution in [0, 0.1) is 0 Å². The average Bonchev–Trinajstić information content (AvgIpc) is 2.60. The Labute approximate surface area is 93.1 Å². The molecule has 1 aromatic rings. The molecule has 0 saturated heterocycles. The van der Waals surface area contributed by atoms with Crippen molar-refractivity contribution < 1.29 is 14.7 Å². The average molecular weight is 222 g/mol. The predicted molar refractivity (Wildman–Crippen MR) is 56.2 cm³/mol. The van der Waals surface area contributed by atoms with Crippen molar-refractivity contribution in [2.24, 2.45) is 0 Å². The highest BCUT2D eigenvalue weighted by Crippen LogP contribution is 2.41.